The summed E-state index contributed by atoms with van der Waals surface area (Å²) in [7, 11) is 0. The van der Waals surface area contributed by atoms with E-state index in [2.05, 4.69) is 36.0 Å². The van der Waals surface area contributed by atoms with Crippen LogP contribution in [0.15, 0.2) is 18.3 Å². The van der Waals surface area contributed by atoms with Gasteiger partial charge in [0.15, 0.2) is 0 Å². The highest BCUT2D eigenvalue weighted by Crippen LogP contribution is 2.32. The van der Waals surface area contributed by atoms with Crippen molar-refractivity contribution in [3.8, 4) is 0 Å². The number of nitrogens with one attached hydrogen (secondary N) is 1. The van der Waals surface area contributed by atoms with Gasteiger partial charge in [0.1, 0.15) is 0 Å². The first-order chi connectivity index (χ1) is 9.40. The molecular formula is C16H25N3O. The first-order valence-electron chi connectivity index (χ1n) is 7.39. The fourth-order valence-corrected chi connectivity index (χ4v) is 2.58. The molecule has 1 aromatic heterocycles. The number of aryl methyl sites for hydroxylation is 1. The van der Waals surface area contributed by atoms with E-state index in [0.29, 0.717) is 6.04 Å². The molecule has 0 radical (unpaired) electrons. The molecule has 0 aromatic carbocycles. The van der Waals surface area contributed by atoms with E-state index in [1.807, 2.05) is 19.1 Å². The Morgan fingerprint density at radius 3 is 2.50 bits per heavy atom. The number of hydrogen-bond acceptors (Lipinski definition) is 3. The monoisotopic (exact) mass is 275 g/mol. The zero-order valence-corrected chi connectivity index (χ0v) is 12.9. The number of anilines is 1. The minimum Gasteiger partial charge on any atom is -0.324 e. The topological polar surface area (TPSA) is 45.2 Å². The van der Waals surface area contributed by atoms with Crippen LogP contribution in [-0.2, 0) is 4.79 Å². The van der Waals surface area contributed by atoms with Gasteiger partial charge in [0.2, 0.25) is 5.91 Å². The Kier molecular flexibility index (Phi) is 4.43. The van der Waals surface area contributed by atoms with Crippen LogP contribution in [0.5, 0.6) is 0 Å². The number of carbonyl (C=O) groups is 1. The Hall–Kier alpha value is -1.42. The van der Waals surface area contributed by atoms with Gasteiger partial charge in [-0.1, -0.05) is 6.92 Å². The van der Waals surface area contributed by atoms with E-state index < -0.39 is 0 Å². The predicted molar refractivity (Wildman–Crippen MR) is 81.7 cm³/mol. The molecule has 1 fully saturated rings. The number of nitrogens with zero attached hydrogens (tertiary/aromatic N) is 2. The average molecular weight is 275 g/mol. The smallest absolute Gasteiger partial charge is 0.230 e. The maximum absolute atomic E-state index is 12.5. The Labute approximate surface area is 121 Å². The van der Waals surface area contributed by atoms with Gasteiger partial charge in [-0.3, -0.25) is 9.78 Å². The van der Waals surface area contributed by atoms with Gasteiger partial charge in [-0.25, -0.2) is 0 Å². The number of hydrogen-bond donors (Lipinski definition) is 1. The van der Waals surface area contributed by atoms with Crippen molar-refractivity contribution in [3.05, 3.63) is 24.0 Å². The van der Waals surface area contributed by atoms with Crippen LogP contribution in [0.3, 0.4) is 0 Å². The molecule has 0 spiro atoms. The van der Waals surface area contributed by atoms with Crippen LogP contribution in [0.4, 0.5) is 5.69 Å². The number of likely N-dealkylation sites (tertiary alicyclic amines) is 1. The summed E-state index contributed by atoms with van der Waals surface area (Å²) in [6.07, 6.45) is 3.55. The van der Waals surface area contributed by atoms with E-state index in [-0.39, 0.29) is 11.3 Å². The SMILES string of the molecule is Cc1ccc(NC(=O)C2(C)CCN(C(C)C)CC2)cn1. The minimum atomic E-state index is -0.268. The van der Waals surface area contributed by atoms with E-state index in [9.17, 15) is 4.79 Å². The molecule has 1 amide bonds. The lowest BCUT2D eigenvalue weighted by molar-refractivity contribution is -0.127. The zero-order chi connectivity index (χ0) is 14.8. The summed E-state index contributed by atoms with van der Waals surface area (Å²) in [5.41, 5.74) is 1.48. The van der Waals surface area contributed by atoms with Crippen LogP contribution in [-0.4, -0.2) is 34.9 Å². The van der Waals surface area contributed by atoms with Crippen LogP contribution in [0.2, 0.25) is 0 Å². The van der Waals surface area contributed by atoms with Gasteiger partial charge >= 0.3 is 0 Å². The molecule has 0 unspecified atom stereocenters. The summed E-state index contributed by atoms with van der Waals surface area (Å²) in [6, 6.07) is 4.38. The van der Waals surface area contributed by atoms with E-state index in [1.165, 1.54) is 0 Å². The van der Waals surface area contributed by atoms with Gasteiger partial charge in [-0.2, -0.15) is 0 Å². The van der Waals surface area contributed by atoms with Crippen molar-refractivity contribution < 1.29 is 4.79 Å². The molecule has 1 aliphatic rings. The highest BCUT2D eigenvalue weighted by atomic mass is 16.2. The van der Waals surface area contributed by atoms with Gasteiger partial charge in [-0.15, -0.1) is 0 Å². The Balaban J connectivity index is 1.97. The molecule has 4 nitrogen and oxygen atoms in total. The second-order valence-corrected chi connectivity index (χ2v) is 6.33. The highest BCUT2D eigenvalue weighted by Gasteiger charge is 2.37. The summed E-state index contributed by atoms with van der Waals surface area (Å²) < 4.78 is 0. The van der Waals surface area contributed by atoms with Crippen molar-refractivity contribution in [2.75, 3.05) is 18.4 Å². The maximum Gasteiger partial charge on any atom is 0.230 e. The molecule has 1 aliphatic heterocycles. The highest BCUT2D eigenvalue weighted by molar-refractivity contribution is 5.95. The molecule has 4 heteroatoms. The van der Waals surface area contributed by atoms with E-state index in [1.54, 1.807) is 6.20 Å². The van der Waals surface area contributed by atoms with Crippen molar-refractivity contribution >= 4 is 11.6 Å². The molecule has 1 aromatic rings. The predicted octanol–water partition coefficient (Wildman–Crippen LogP) is 2.84. The van der Waals surface area contributed by atoms with Gasteiger partial charge in [0, 0.05) is 17.2 Å². The normalized spacial score (nSPS) is 19.1. The summed E-state index contributed by atoms with van der Waals surface area (Å²) in [5.74, 6) is 0.117. The third-order valence-electron chi connectivity index (χ3n) is 4.35. The molecule has 20 heavy (non-hydrogen) atoms. The van der Waals surface area contributed by atoms with Crippen LogP contribution >= 0.6 is 0 Å². The zero-order valence-electron chi connectivity index (χ0n) is 12.9. The first-order valence-corrected chi connectivity index (χ1v) is 7.39. The van der Waals surface area contributed by atoms with Crippen molar-refractivity contribution in [3.63, 3.8) is 0 Å². The molecule has 1 saturated heterocycles. The first kappa shape index (κ1) is 15.0. The largest absolute Gasteiger partial charge is 0.324 e. The number of carbonyl (C=O) groups excluding carboxylic acids is 1. The molecular weight excluding hydrogens is 250 g/mol. The third-order valence-corrected chi connectivity index (χ3v) is 4.35. The number of amides is 1. The van der Waals surface area contributed by atoms with Crippen LogP contribution < -0.4 is 5.32 Å². The van der Waals surface area contributed by atoms with Crippen LogP contribution in [0.25, 0.3) is 0 Å². The van der Waals surface area contributed by atoms with Crippen LogP contribution in [0, 0.1) is 12.3 Å². The quantitative estimate of drug-likeness (QED) is 0.922. The lowest BCUT2D eigenvalue weighted by atomic mass is 9.79. The van der Waals surface area contributed by atoms with Gasteiger partial charge in [-0.05, 0) is 58.8 Å². The van der Waals surface area contributed by atoms with Crippen molar-refractivity contribution in [2.24, 2.45) is 5.41 Å². The van der Waals surface area contributed by atoms with E-state index in [0.717, 1.165) is 37.3 Å². The fraction of sp³-hybridized carbons (Fsp3) is 0.625. The number of pyridine rings is 1. The summed E-state index contributed by atoms with van der Waals surface area (Å²) >= 11 is 0. The van der Waals surface area contributed by atoms with Crippen molar-refractivity contribution in [1.29, 1.82) is 0 Å². The number of aromatic nitrogens is 1. The minimum absolute atomic E-state index is 0.117. The molecule has 0 saturated carbocycles. The second-order valence-electron chi connectivity index (χ2n) is 6.33. The van der Waals surface area contributed by atoms with E-state index >= 15 is 0 Å². The van der Waals surface area contributed by atoms with Crippen LogP contribution in [0.1, 0.15) is 39.3 Å². The van der Waals surface area contributed by atoms with Crippen molar-refractivity contribution in [2.45, 2.75) is 46.6 Å². The van der Waals surface area contributed by atoms with E-state index in [4.69, 9.17) is 0 Å². The Bertz CT molecular complexity index is 459. The third kappa shape index (κ3) is 3.37. The number of rotatable bonds is 3. The average Bonchev–Trinajstić information content (AvgIpc) is 2.42. The lowest BCUT2D eigenvalue weighted by Gasteiger charge is -2.40. The van der Waals surface area contributed by atoms with Gasteiger partial charge in [0.25, 0.3) is 0 Å². The summed E-state index contributed by atoms with van der Waals surface area (Å²) in [5, 5.41) is 3.00. The maximum atomic E-state index is 12.5. The lowest BCUT2D eigenvalue weighted by Crippen LogP contribution is -2.47. The van der Waals surface area contributed by atoms with Gasteiger partial charge < -0.3 is 10.2 Å². The molecule has 2 rings (SSSR count). The van der Waals surface area contributed by atoms with Gasteiger partial charge in [0.05, 0.1) is 11.9 Å². The standard InChI is InChI=1S/C16H25N3O/c1-12(2)19-9-7-16(4,8-10-19)15(20)18-14-6-5-13(3)17-11-14/h5-6,11-12H,7-10H2,1-4H3,(H,18,20). The number of piperidine rings is 1. The molecule has 0 bridgehead atoms. The molecule has 110 valence electrons. The molecule has 0 aliphatic carbocycles. The Morgan fingerprint density at radius 2 is 2.00 bits per heavy atom. The van der Waals surface area contributed by atoms with Crippen molar-refractivity contribution in [1.82, 2.24) is 9.88 Å². The fourth-order valence-electron chi connectivity index (χ4n) is 2.58. The Morgan fingerprint density at radius 1 is 1.35 bits per heavy atom. The summed E-state index contributed by atoms with van der Waals surface area (Å²) in [6.45, 7) is 10.4. The molecule has 2 heterocycles. The summed E-state index contributed by atoms with van der Waals surface area (Å²) in [4.78, 5) is 19.1. The second kappa shape index (κ2) is 5.92. The molecule has 0 atom stereocenters. The molecule has 1 N–H and O–H groups in total.